The Labute approximate surface area is 113 Å². The number of halogens is 1. The third kappa shape index (κ3) is 2.36. The smallest absolute Gasteiger partial charge is 0.237 e. The van der Waals surface area contributed by atoms with Gasteiger partial charge in [-0.05, 0) is 13.0 Å². The number of anilines is 1. The second-order valence-corrected chi connectivity index (χ2v) is 8.14. The van der Waals surface area contributed by atoms with Gasteiger partial charge in [-0.1, -0.05) is 0 Å². The second kappa shape index (κ2) is 4.53. The molecule has 1 aliphatic rings. The van der Waals surface area contributed by atoms with E-state index >= 15 is 0 Å². The van der Waals surface area contributed by atoms with E-state index in [4.69, 9.17) is 15.9 Å². The molecule has 2 rings (SSSR count). The lowest BCUT2D eigenvalue weighted by atomic mass is 10.3. The maximum atomic E-state index is 11.8. The van der Waals surface area contributed by atoms with E-state index in [0.717, 1.165) is 4.88 Å². The molecule has 0 aliphatic carbocycles. The Kier molecular flexibility index (Phi) is 3.36. The lowest BCUT2D eigenvalue weighted by Crippen LogP contribution is -2.26. The predicted octanol–water partition coefficient (Wildman–Crippen LogP) is 1.60. The number of rotatable bonds is 2. The second-order valence-electron chi connectivity index (χ2n) is 3.99. The molecular formula is C10H9ClN2O3S2. The summed E-state index contributed by atoms with van der Waals surface area (Å²) in [5.41, 5.74) is 0.387. The molecule has 5 nitrogen and oxygen atoms in total. The third-order valence-corrected chi connectivity index (χ3v) is 5.63. The van der Waals surface area contributed by atoms with Crippen molar-refractivity contribution >= 4 is 42.0 Å². The molecule has 0 N–H and O–H groups in total. The molecule has 0 bridgehead atoms. The van der Waals surface area contributed by atoms with Gasteiger partial charge in [0.15, 0.2) is 0 Å². The van der Waals surface area contributed by atoms with Crippen LogP contribution < -0.4 is 4.90 Å². The molecule has 96 valence electrons. The fourth-order valence-electron chi connectivity index (χ4n) is 1.84. The van der Waals surface area contributed by atoms with Gasteiger partial charge in [0.1, 0.15) is 16.3 Å². The van der Waals surface area contributed by atoms with Crippen LogP contribution in [0.2, 0.25) is 0 Å². The van der Waals surface area contributed by atoms with Crippen molar-refractivity contribution in [1.82, 2.24) is 0 Å². The molecule has 1 fully saturated rings. The molecule has 0 aromatic carbocycles. The van der Waals surface area contributed by atoms with Crippen LogP contribution in [0.5, 0.6) is 0 Å². The van der Waals surface area contributed by atoms with Crippen molar-refractivity contribution in [2.75, 3.05) is 11.4 Å². The maximum Gasteiger partial charge on any atom is 0.237 e. The molecular weight excluding hydrogens is 296 g/mol. The molecule has 1 aromatic rings. The highest BCUT2D eigenvalue weighted by molar-refractivity contribution is 8.14. The molecule has 1 unspecified atom stereocenters. The molecule has 0 saturated carbocycles. The SMILES string of the molecule is Cc1cc(C#N)c(N2CC(S(=O)(=O)Cl)CC2=O)s1. The minimum Gasteiger partial charge on any atom is -0.301 e. The number of carbonyl (C=O) groups is 1. The van der Waals surface area contributed by atoms with E-state index in [9.17, 15) is 13.2 Å². The molecule has 1 atom stereocenters. The number of amides is 1. The third-order valence-electron chi connectivity index (χ3n) is 2.69. The fraction of sp³-hybridized carbons (Fsp3) is 0.400. The van der Waals surface area contributed by atoms with Crippen molar-refractivity contribution < 1.29 is 13.2 Å². The molecule has 8 heteroatoms. The zero-order chi connectivity index (χ0) is 13.5. The molecule has 18 heavy (non-hydrogen) atoms. The van der Waals surface area contributed by atoms with Crippen LogP contribution in [0.1, 0.15) is 16.9 Å². The summed E-state index contributed by atoms with van der Waals surface area (Å²) in [7, 11) is 1.51. The van der Waals surface area contributed by atoms with Crippen LogP contribution in [0.25, 0.3) is 0 Å². The number of thiophene rings is 1. The Balaban J connectivity index is 2.36. The molecule has 1 aliphatic heterocycles. The highest BCUT2D eigenvalue weighted by Gasteiger charge is 2.39. The molecule has 2 heterocycles. The minimum absolute atomic E-state index is 0.0132. The van der Waals surface area contributed by atoms with Crippen molar-refractivity contribution in [1.29, 1.82) is 5.26 Å². The first kappa shape index (κ1) is 13.3. The summed E-state index contributed by atoms with van der Waals surface area (Å²) in [6, 6.07) is 3.68. The van der Waals surface area contributed by atoms with E-state index in [0.29, 0.717) is 10.6 Å². The summed E-state index contributed by atoms with van der Waals surface area (Å²) in [6.07, 6.45) is -0.131. The monoisotopic (exact) mass is 304 g/mol. The van der Waals surface area contributed by atoms with Gasteiger partial charge in [-0.15, -0.1) is 11.3 Å². The fourth-order valence-corrected chi connectivity index (χ4v) is 3.85. The van der Waals surface area contributed by atoms with E-state index in [2.05, 4.69) is 0 Å². The van der Waals surface area contributed by atoms with Gasteiger partial charge in [0.05, 0.1) is 5.56 Å². The average Bonchev–Trinajstić information content (AvgIpc) is 2.80. The number of nitrogens with zero attached hydrogens (tertiary/aromatic N) is 2. The van der Waals surface area contributed by atoms with Crippen LogP contribution in [-0.2, 0) is 13.8 Å². The number of carbonyl (C=O) groups excluding carboxylic acids is 1. The normalized spacial score (nSPS) is 20.2. The summed E-state index contributed by atoms with van der Waals surface area (Å²) in [5.74, 6) is -0.317. The number of aryl methyl sites for hydroxylation is 1. The zero-order valence-corrected chi connectivity index (χ0v) is 11.8. The molecule has 1 saturated heterocycles. The largest absolute Gasteiger partial charge is 0.301 e. The van der Waals surface area contributed by atoms with Gasteiger partial charge in [0, 0.05) is 28.5 Å². The van der Waals surface area contributed by atoms with Gasteiger partial charge in [-0.3, -0.25) is 4.79 Å². The van der Waals surface area contributed by atoms with Crippen molar-refractivity contribution in [3.63, 3.8) is 0 Å². The summed E-state index contributed by atoms with van der Waals surface area (Å²) >= 11 is 1.30. The minimum atomic E-state index is -3.76. The Morgan fingerprint density at radius 3 is 2.78 bits per heavy atom. The van der Waals surface area contributed by atoms with Gasteiger partial charge in [0.2, 0.25) is 15.0 Å². The summed E-state index contributed by atoms with van der Waals surface area (Å²) in [4.78, 5) is 14.0. The summed E-state index contributed by atoms with van der Waals surface area (Å²) in [5, 5.41) is 8.58. The van der Waals surface area contributed by atoms with E-state index < -0.39 is 14.3 Å². The van der Waals surface area contributed by atoms with Crippen LogP contribution in [0.15, 0.2) is 6.07 Å². The highest BCUT2D eigenvalue weighted by Crippen LogP contribution is 2.35. The number of hydrogen-bond donors (Lipinski definition) is 0. The molecule has 1 aromatic heterocycles. The van der Waals surface area contributed by atoms with E-state index in [1.54, 1.807) is 6.07 Å². The predicted molar refractivity (Wildman–Crippen MR) is 69.3 cm³/mol. The van der Waals surface area contributed by atoms with Crippen molar-refractivity contribution in [2.24, 2.45) is 0 Å². The lowest BCUT2D eigenvalue weighted by Gasteiger charge is -2.14. The highest BCUT2D eigenvalue weighted by atomic mass is 35.7. The van der Waals surface area contributed by atoms with Crippen LogP contribution in [0.4, 0.5) is 5.00 Å². The van der Waals surface area contributed by atoms with Gasteiger partial charge >= 0.3 is 0 Å². The van der Waals surface area contributed by atoms with Crippen LogP contribution >= 0.6 is 22.0 Å². The Bertz CT molecular complexity index is 645. The standard InChI is InChI=1S/C10H9ClN2O3S2/c1-6-2-7(4-12)10(17-6)13-5-8(3-9(13)14)18(11,15)16/h2,8H,3,5H2,1H3. The quantitative estimate of drug-likeness (QED) is 0.778. The Morgan fingerprint density at radius 2 is 2.28 bits per heavy atom. The zero-order valence-electron chi connectivity index (χ0n) is 9.38. The van der Waals surface area contributed by atoms with Crippen molar-refractivity contribution in [3.8, 4) is 6.07 Å². The first-order valence-corrected chi connectivity index (χ1v) is 8.26. The van der Waals surface area contributed by atoms with Gasteiger partial charge in [0.25, 0.3) is 0 Å². The van der Waals surface area contributed by atoms with Gasteiger partial charge < -0.3 is 4.90 Å². The molecule has 1 amide bonds. The van der Waals surface area contributed by atoms with Crippen LogP contribution in [0.3, 0.4) is 0 Å². The average molecular weight is 305 g/mol. The molecule has 0 radical (unpaired) electrons. The van der Waals surface area contributed by atoms with Crippen LogP contribution in [-0.4, -0.2) is 26.1 Å². The van der Waals surface area contributed by atoms with Gasteiger partial charge in [-0.25, -0.2) is 8.42 Å². The van der Waals surface area contributed by atoms with Crippen LogP contribution in [0, 0.1) is 18.3 Å². The Morgan fingerprint density at radius 1 is 1.61 bits per heavy atom. The van der Waals surface area contributed by atoms with E-state index in [1.165, 1.54) is 16.2 Å². The van der Waals surface area contributed by atoms with E-state index in [-0.39, 0.29) is 18.9 Å². The Hall–Kier alpha value is -1.10. The maximum absolute atomic E-state index is 11.8. The first-order valence-electron chi connectivity index (χ1n) is 5.07. The van der Waals surface area contributed by atoms with E-state index in [1.807, 2.05) is 13.0 Å². The lowest BCUT2D eigenvalue weighted by molar-refractivity contribution is -0.117. The first-order chi connectivity index (χ1) is 8.32. The van der Waals surface area contributed by atoms with Crippen molar-refractivity contribution in [3.05, 3.63) is 16.5 Å². The summed E-state index contributed by atoms with van der Waals surface area (Å²) < 4.78 is 22.5. The number of nitriles is 1. The topological polar surface area (TPSA) is 78.2 Å². The molecule has 0 spiro atoms. The number of hydrogen-bond acceptors (Lipinski definition) is 5. The summed E-state index contributed by atoms with van der Waals surface area (Å²) in [6.45, 7) is 1.84. The van der Waals surface area contributed by atoms with Gasteiger partial charge in [-0.2, -0.15) is 5.26 Å². The van der Waals surface area contributed by atoms with Crippen molar-refractivity contribution in [2.45, 2.75) is 18.6 Å².